The summed E-state index contributed by atoms with van der Waals surface area (Å²) in [4.78, 5) is 21.4. The molecule has 0 aromatic carbocycles. The maximum Gasteiger partial charge on any atom is 0.351 e. The minimum absolute atomic E-state index is 0.271. The fourth-order valence-corrected chi connectivity index (χ4v) is 3.10. The minimum atomic E-state index is -0.614. The summed E-state index contributed by atoms with van der Waals surface area (Å²) in [6, 6.07) is -0.504. The molecule has 0 aliphatic carbocycles. The smallest absolute Gasteiger partial charge is 0.351 e. The first kappa shape index (κ1) is 16.7. The molecule has 0 saturated carbocycles. The van der Waals surface area contributed by atoms with E-state index >= 15 is 0 Å². The van der Waals surface area contributed by atoms with Crippen molar-refractivity contribution in [2.45, 2.75) is 31.7 Å². The fourth-order valence-electron chi connectivity index (χ4n) is 3.10. The lowest BCUT2D eigenvalue weighted by Gasteiger charge is -2.29. The van der Waals surface area contributed by atoms with Gasteiger partial charge in [0.2, 0.25) is 0 Å². The molecule has 3 heterocycles. The van der Waals surface area contributed by atoms with Gasteiger partial charge in [-0.1, -0.05) is 5.11 Å². The van der Waals surface area contributed by atoms with Gasteiger partial charge in [0, 0.05) is 36.2 Å². The molecule has 130 valence electrons. The number of rotatable bonds is 4. The van der Waals surface area contributed by atoms with E-state index in [1.54, 1.807) is 6.20 Å². The number of aliphatic hydroxyl groups is 1. The molecule has 0 amide bonds. The maximum atomic E-state index is 12.4. The van der Waals surface area contributed by atoms with Crippen molar-refractivity contribution in [1.82, 2.24) is 9.55 Å². The Labute approximate surface area is 138 Å². The average molecular weight is 336 g/mol. The normalized spacial score (nSPS) is 27.1. The highest BCUT2D eigenvalue weighted by atomic mass is 16.5. The van der Waals surface area contributed by atoms with E-state index in [9.17, 15) is 9.90 Å². The van der Waals surface area contributed by atoms with Crippen molar-refractivity contribution in [3.63, 3.8) is 0 Å². The quantitative estimate of drug-likeness (QED) is 0.480. The van der Waals surface area contributed by atoms with Crippen LogP contribution in [-0.2, 0) is 9.47 Å². The molecule has 2 aliphatic heterocycles. The second kappa shape index (κ2) is 7.18. The summed E-state index contributed by atoms with van der Waals surface area (Å²) < 4.78 is 12.4. The van der Waals surface area contributed by atoms with Crippen LogP contribution >= 0.6 is 0 Å². The third-order valence-corrected chi connectivity index (χ3v) is 4.31. The van der Waals surface area contributed by atoms with Crippen LogP contribution in [0.4, 0.5) is 5.82 Å². The van der Waals surface area contributed by atoms with Crippen LogP contribution in [0.2, 0.25) is 0 Å². The molecule has 3 rings (SSSR count). The van der Waals surface area contributed by atoms with Gasteiger partial charge in [0.05, 0.1) is 32.0 Å². The number of morpholine rings is 1. The zero-order valence-corrected chi connectivity index (χ0v) is 13.4. The van der Waals surface area contributed by atoms with Gasteiger partial charge in [0.25, 0.3) is 0 Å². The summed E-state index contributed by atoms with van der Waals surface area (Å²) in [6.45, 7) is 4.24. The van der Waals surface area contributed by atoms with Crippen LogP contribution in [0, 0.1) is 6.92 Å². The van der Waals surface area contributed by atoms with Gasteiger partial charge in [0.1, 0.15) is 12.0 Å². The van der Waals surface area contributed by atoms with Gasteiger partial charge in [-0.15, -0.1) is 0 Å². The third kappa shape index (κ3) is 3.22. The topological polar surface area (TPSA) is 126 Å². The number of hydrogen-bond acceptors (Lipinski definition) is 7. The number of anilines is 1. The van der Waals surface area contributed by atoms with E-state index in [4.69, 9.17) is 15.0 Å². The SMILES string of the molecule is Cc1cn([C@@H]2C[C@H](N=[N+]=[N-])[C@@H](CO)O2)c(=O)nc1N1CCOCC1. The molecule has 10 heteroatoms. The summed E-state index contributed by atoms with van der Waals surface area (Å²) in [5.74, 6) is 0.655. The Hall–Kier alpha value is -2.13. The van der Waals surface area contributed by atoms with E-state index in [0.29, 0.717) is 38.5 Å². The Morgan fingerprint density at radius 2 is 2.25 bits per heavy atom. The van der Waals surface area contributed by atoms with E-state index in [-0.39, 0.29) is 6.61 Å². The highest BCUT2D eigenvalue weighted by molar-refractivity contribution is 5.45. The van der Waals surface area contributed by atoms with Crippen LogP contribution < -0.4 is 10.6 Å². The molecule has 2 saturated heterocycles. The van der Waals surface area contributed by atoms with Gasteiger partial charge >= 0.3 is 5.69 Å². The van der Waals surface area contributed by atoms with Gasteiger partial charge < -0.3 is 19.5 Å². The van der Waals surface area contributed by atoms with Crippen molar-refractivity contribution >= 4 is 5.82 Å². The van der Waals surface area contributed by atoms with Gasteiger partial charge in [-0.2, -0.15) is 4.98 Å². The van der Waals surface area contributed by atoms with Crippen LogP contribution in [0.1, 0.15) is 18.2 Å². The lowest BCUT2D eigenvalue weighted by molar-refractivity contribution is -0.0270. The molecule has 1 N–H and O–H groups in total. The zero-order valence-electron chi connectivity index (χ0n) is 13.4. The summed E-state index contributed by atoms with van der Waals surface area (Å²) in [5.41, 5.74) is 9.03. The molecule has 0 unspecified atom stereocenters. The molecule has 24 heavy (non-hydrogen) atoms. The van der Waals surface area contributed by atoms with Crippen molar-refractivity contribution in [2.75, 3.05) is 37.8 Å². The molecule has 0 bridgehead atoms. The van der Waals surface area contributed by atoms with Gasteiger partial charge in [-0.25, -0.2) is 4.79 Å². The van der Waals surface area contributed by atoms with Crippen molar-refractivity contribution in [3.05, 3.63) is 32.7 Å². The molecular formula is C14H20N6O4. The Morgan fingerprint density at radius 3 is 2.92 bits per heavy atom. The average Bonchev–Trinajstić information content (AvgIpc) is 3.00. The number of ether oxygens (including phenoxy) is 2. The van der Waals surface area contributed by atoms with Crippen molar-refractivity contribution < 1.29 is 14.6 Å². The van der Waals surface area contributed by atoms with Crippen LogP contribution in [0.5, 0.6) is 0 Å². The number of azide groups is 1. The van der Waals surface area contributed by atoms with Gasteiger partial charge in [-0.05, 0) is 12.5 Å². The number of aryl methyl sites for hydroxylation is 1. The molecule has 3 atom stereocenters. The van der Waals surface area contributed by atoms with Gasteiger partial charge in [0.15, 0.2) is 0 Å². The summed E-state index contributed by atoms with van der Waals surface area (Å²) >= 11 is 0. The lowest BCUT2D eigenvalue weighted by atomic mass is 10.1. The van der Waals surface area contributed by atoms with E-state index in [2.05, 4.69) is 15.0 Å². The van der Waals surface area contributed by atoms with Crippen molar-refractivity contribution in [2.24, 2.45) is 5.11 Å². The third-order valence-electron chi connectivity index (χ3n) is 4.31. The Morgan fingerprint density at radius 1 is 1.50 bits per heavy atom. The van der Waals surface area contributed by atoms with E-state index in [1.807, 2.05) is 11.8 Å². The molecule has 2 aliphatic rings. The van der Waals surface area contributed by atoms with Gasteiger partial charge in [-0.3, -0.25) is 4.57 Å². The first-order valence-corrected chi connectivity index (χ1v) is 7.87. The highest BCUT2D eigenvalue weighted by Crippen LogP contribution is 2.30. The minimum Gasteiger partial charge on any atom is -0.394 e. The van der Waals surface area contributed by atoms with E-state index in [0.717, 1.165) is 5.56 Å². The number of nitrogens with zero attached hydrogens (tertiary/aromatic N) is 6. The fraction of sp³-hybridized carbons (Fsp3) is 0.714. The Balaban J connectivity index is 1.86. The summed E-state index contributed by atoms with van der Waals surface area (Å²) in [6.07, 6.45) is 0.817. The van der Waals surface area contributed by atoms with Crippen LogP contribution in [0.15, 0.2) is 16.1 Å². The molecule has 10 nitrogen and oxygen atoms in total. The largest absolute Gasteiger partial charge is 0.394 e. The first-order chi connectivity index (χ1) is 11.6. The van der Waals surface area contributed by atoms with E-state index in [1.165, 1.54) is 4.57 Å². The number of hydrogen-bond donors (Lipinski definition) is 1. The maximum absolute atomic E-state index is 12.4. The molecular weight excluding hydrogens is 316 g/mol. The molecule has 0 spiro atoms. The monoisotopic (exact) mass is 336 g/mol. The summed E-state index contributed by atoms with van der Waals surface area (Å²) in [7, 11) is 0. The molecule has 0 radical (unpaired) electrons. The predicted octanol–water partition coefficient (Wildman–Crippen LogP) is 0.347. The predicted molar refractivity (Wildman–Crippen MR) is 84.8 cm³/mol. The zero-order chi connectivity index (χ0) is 17.1. The number of aliphatic hydroxyl groups excluding tert-OH is 1. The van der Waals surface area contributed by atoms with Crippen LogP contribution in [0.25, 0.3) is 10.4 Å². The van der Waals surface area contributed by atoms with Crippen molar-refractivity contribution in [3.8, 4) is 0 Å². The second-order valence-corrected chi connectivity index (χ2v) is 5.86. The highest BCUT2D eigenvalue weighted by Gasteiger charge is 2.36. The second-order valence-electron chi connectivity index (χ2n) is 5.86. The first-order valence-electron chi connectivity index (χ1n) is 7.87. The molecule has 2 fully saturated rings. The Kier molecular flexibility index (Phi) is 5.00. The van der Waals surface area contributed by atoms with Crippen LogP contribution in [-0.4, -0.2) is 59.7 Å². The lowest BCUT2D eigenvalue weighted by Crippen LogP contribution is -2.39. The molecule has 1 aromatic heterocycles. The van der Waals surface area contributed by atoms with Crippen LogP contribution in [0.3, 0.4) is 0 Å². The number of aromatic nitrogens is 2. The molecule has 1 aromatic rings. The summed E-state index contributed by atoms with van der Waals surface area (Å²) in [5, 5.41) is 13.0. The Bertz CT molecular complexity index is 695. The standard InChI is InChI=1S/C14H20N6O4/c1-9-7-20(12-6-10(17-18-15)11(8-21)24-12)14(22)16-13(9)19-2-4-23-5-3-19/h7,10-12,21H,2-6,8H2,1H3/t10-,11+,12-/m0/s1. The van der Waals surface area contributed by atoms with Crippen molar-refractivity contribution in [1.29, 1.82) is 0 Å². The van der Waals surface area contributed by atoms with E-state index < -0.39 is 24.1 Å².